The van der Waals surface area contributed by atoms with Crippen molar-refractivity contribution in [2.75, 3.05) is 5.32 Å². The van der Waals surface area contributed by atoms with Crippen molar-refractivity contribution in [3.63, 3.8) is 0 Å². The summed E-state index contributed by atoms with van der Waals surface area (Å²) in [5.74, 6) is 1.37. The maximum Gasteiger partial charge on any atom is 0.408 e. The number of carbonyl (C=O) groups excluding carboxylic acids is 3. The highest BCUT2D eigenvalue weighted by atomic mass is 16.6. The van der Waals surface area contributed by atoms with E-state index in [1.807, 2.05) is 62.4 Å². The van der Waals surface area contributed by atoms with Gasteiger partial charge in [0.2, 0.25) is 0 Å². The van der Waals surface area contributed by atoms with Gasteiger partial charge in [0.15, 0.2) is 6.04 Å². The van der Waals surface area contributed by atoms with Gasteiger partial charge in [-0.05, 0) is 57.4 Å². The van der Waals surface area contributed by atoms with Gasteiger partial charge in [-0.15, -0.1) is 6.42 Å². The van der Waals surface area contributed by atoms with Gasteiger partial charge in [0.25, 0.3) is 11.8 Å². The lowest BCUT2D eigenvalue weighted by Gasteiger charge is -2.31. The summed E-state index contributed by atoms with van der Waals surface area (Å²) < 4.78 is 5.43. The highest BCUT2D eigenvalue weighted by molar-refractivity contribution is 6.00. The van der Waals surface area contributed by atoms with Crippen LogP contribution in [0.5, 0.6) is 0 Å². The molecule has 210 valence electrons. The van der Waals surface area contributed by atoms with Crippen molar-refractivity contribution in [3.8, 4) is 24.8 Å². The second kappa shape index (κ2) is 13.4. The average Bonchev–Trinajstić information content (AvgIpc) is 2.92. The molecule has 3 rings (SSSR count). The molecule has 0 saturated heterocycles. The zero-order valence-electron chi connectivity index (χ0n) is 24.0. The normalized spacial score (nSPS) is 12.2. The number of benzene rings is 3. The average molecular weight is 550 g/mol. The van der Waals surface area contributed by atoms with Crippen LogP contribution in [-0.2, 0) is 20.7 Å². The van der Waals surface area contributed by atoms with E-state index in [1.165, 1.54) is 0 Å². The van der Waals surface area contributed by atoms with E-state index in [0.717, 1.165) is 21.6 Å². The third-order valence-corrected chi connectivity index (χ3v) is 6.29. The maximum absolute atomic E-state index is 14.2. The van der Waals surface area contributed by atoms with E-state index in [1.54, 1.807) is 45.0 Å². The number of carbonyl (C=O) groups is 3. The van der Waals surface area contributed by atoms with Crippen LogP contribution in [0, 0.1) is 38.7 Å². The van der Waals surface area contributed by atoms with Gasteiger partial charge in [-0.3, -0.25) is 14.5 Å². The first kappa shape index (κ1) is 30.5. The summed E-state index contributed by atoms with van der Waals surface area (Å²) >= 11 is 0. The minimum atomic E-state index is -1.29. The Morgan fingerprint density at radius 3 is 2.10 bits per heavy atom. The van der Waals surface area contributed by atoms with Crippen molar-refractivity contribution >= 4 is 23.6 Å². The molecule has 41 heavy (non-hydrogen) atoms. The molecule has 0 aromatic heterocycles. The SMILES string of the molecule is C#Cc1ccccc1C(C(=O)Nc1c(C)cccc1C)N(C#C)C(=O)C(Cc1ccccc1)NC(=O)OC(C)(C)C. The Balaban J connectivity index is 2.08. The fourth-order valence-corrected chi connectivity index (χ4v) is 4.40. The van der Waals surface area contributed by atoms with Crippen LogP contribution >= 0.6 is 0 Å². The molecule has 3 aromatic carbocycles. The first-order valence-corrected chi connectivity index (χ1v) is 13.2. The minimum Gasteiger partial charge on any atom is -0.444 e. The second-order valence-corrected chi connectivity index (χ2v) is 10.6. The van der Waals surface area contributed by atoms with Crippen LogP contribution in [0.4, 0.5) is 10.5 Å². The summed E-state index contributed by atoms with van der Waals surface area (Å²) in [6.07, 6.45) is 11.0. The molecular formula is C34H35N3O4. The largest absolute Gasteiger partial charge is 0.444 e. The lowest BCUT2D eigenvalue weighted by Crippen LogP contribution is -2.52. The van der Waals surface area contributed by atoms with Crippen molar-refractivity contribution in [3.05, 3.63) is 101 Å². The van der Waals surface area contributed by atoms with Gasteiger partial charge in [0.05, 0.1) is 0 Å². The third-order valence-electron chi connectivity index (χ3n) is 6.29. The lowest BCUT2D eigenvalue weighted by molar-refractivity contribution is -0.136. The minimum absolute atomic E-state index is 0.110. The Kier molecular flexibility index (Phi) is 9.95. The van der Waals surface area contributed by atoms with Crippen molar-refractivity contribution < 1.29 is 19.1 Å². The van der Waals surface area contributed by atoms with Gasteiger partial charge in [-0.2, -0.15) is 0 Å². The van der Waals surface area contributed by atoms with E-state index in [0.29, 0.717) is 16.8 Å². The summed E-state index contributed by atoms with van der Waals surface area (Å²) in [7, 11) is 0. The highest BCUT2D eigenvalue weighted by Crippen LogP contribution is 2.28. The van der Waals surface area contributed by atoms with Crippen LogP contribution < -0.4 is 10.6 Å². The molecule has 0 aliphatic carbocycles. The van der Waals surface area contributed by atoms with E-state index in [-0.39, 0.29) is 6.42 Å². The lowest BCUT2D eigenvalue weighted by atomic mass is 9.96. The Morgan fingerprint density at radius 2 is 1.51 bits per heavy atom. The van der Waals surface area contributed by atoms with Gasteiger partial charge >= 0.3 is 6.09 Å². The number of hydrogen-bond donors (Lipinski definition) is 2. The number of hydrogen-bond acceptors (Lipinski definition) is 4. The molecule has 0 heterocycles. The third kappa shape index (κ3) is 8.00. The topological polar surface area (TPSA) is 87.7 Å². The predicted octanol–water partition coefficient (Wildman–Crippen LogP) is 5.52. The number of terminal acetylenes is 2. The fourth-order valence-electron chi connectivity index (χ4n) is 4.40. The molecule has 0 aliphatic rings. The smallest absolute Gasteiger partial charge is 0.408 e. The van der Waals surface area contributed by atoms with Crippen LogP contribution in [0.15, 0.2) is 72.8 Å². The number of alkyl carbamates (subject to hydrolysis) is 1. The number of anilines is 1. The molecular weight excluding hydrogens is 514 g/mol. The summed E-state index contributed by atoms with van der Waals surface area (Å²) in [6, 6.07) is 21.5. The van der Waals surface area contributed by atoms with Crippen molar-refractivity contribution in [1.29, 1.82) is 0 Å². The highest BCUT2D eigenvalue weighted by Gasteiger charge is 2.37. The Morgan fingerprint density at radius 1 is 0.902 bits per heavy atom. The number of para-hydroxylation sites is 1. The number of aryl methyl sites for hydroxylation is 2. The van der Waals surface area contributed by atoms with Crippen LogP contribution in [0.3, 0.4) is 0 Å². The summed E-state index contributed by atoms with van der Waals surface area (Å²) in [5.41, 5.74) is 3.05. The van der Waals surface area contributed by atoms with Crippen LogP contribution in [-0.4, -0.2) is 34.5 Å². The standard InChI is InChI=1S/C34H35N3O4/c1-8-26-20-13-14-21-27(26)30(31(38)36-29-23(3)16-15-17-24(29)4)37(9-2)32(39)28(22-25-18-11-10-12-19-25)35-33(40)41-34(5,6)7/h1-2,10-21,28,30H,22H2,3-7H3,(H,35,40)(H,36,38). The van der Waals surface area contributed by atoms with Crippen molar-refractivity contribution in [1.82, 2.24) is 10.2 Å². The van der Waals surface area contributed by atoms with E-state index in [4.69, 9.17) is 17.6 Å². The molecule has 7 nitrogen and oxygen atoms in total. The molecule has 2 atom stereocenters. The molecule has 2 N–H and O–H groups in total. The summed E-state index contributed by atoms with van der Waals surface area (Å²) in [5, 5.41) is 5.61. The van der Waals surface area contributed by atoms with Crippen LogP contribution in [0.2, 0.25) is 0 Å². The number of nitrogens with zero attached hydrogens (tertiary/aromatic N) is 1. The Bertz CT molecular complexity index is 1470. The van der Waals surface area contributed by atoms with Crippen molar-refractivity contribution in [2.24, 2.45) is 0 Å². The Labute approximate surface area is 242 Å². The molecule has 0 radical (unpaired) electrons. The number of amides is 3. The molecule has 3 aromatic rings. The predicted molar refractivity (Wildman–Crippen MR) is 161 cm³/mol. The summed E-state index contributed by atoms with van der Waals surface area (Å²) in [4.78, 5) is 42.0. The molecule has 0 bridgehead atoms. The van der Waals surface area contributed by atoms with E-state index >= 15 is 0 Å². The zero-order chi connectivity index (χ0) is 30.2. The van der Waals surface area contributed by atoms with Gasteiger partial charge in [0.1, 0.15) is 11.6 Å². The summed E-state index contributed by atoms with van der Waals surface area (Å²) in [6.45, 7) is 8.91. The van der Waals surface area contributed by atoms with Crippen molar-refractivity contribution in [2.45, 2.75) is 58.7 Å². The first-order chi connectivity index (χ1) is 19.4. The van der Waals surface area contributed by atoms with E-state index in [2.05, 4.69) is 22.6 Å². The maximum atomic E-state index is 14.2. The van der Waals surface area contributed by atoms with Gasteiger partial charge < -0.3 is 15.4 Å². The van der Waals surface area contributed by atoms with Crippen LogP contribution in [0.1, 0.15) is 54.6 Å². The molecule has 0 saturated carbocycles. The monoisotopic (exact) mass is 549 g/mol. The molecule has 0 aliphatic heterocycles. The van der Waals surface area contributed by atoms with E-state index < -0.39 is 35.6 Å². The first-order valence-electron chi connectivity index (χ1n) is 13.2. The molecule has 3 amide bonds. The molecule has 0 spiro atoms. The van der Waals surface area contributed by atoms with Gasteiger partial charge in [-0.1, -0.05) is 79.1 Å². The molecule has 2 unspecified atom stereocenters. The van der Waals surface area contributed by atoms with Gasteiger partial charge in [-0.25, -0.2) is 4.79 Å². The quantitative estimate of drug-likeness (QED) is 0.286. The fraction of sp³-hybridized carbons (Fsp3) is 0.265. The Hall–Kier alpha value is -5.01. The second-order valence-electron chi connectivity index (χ2n) is 10.6. The number of nitrogens with one attached hydrogen (secondary N) is 2. The molecule has 7 heteroatoms. The number of rotatable bonds is 8. The van der Waals surface area contributed by atoms with Crippen LogP contribution in [0.25, 0.3) is 0 Å². The van der Waals surface area contributed by atoms with Gasteiger partial charge in [0, 0.05) is 29.3 Å². The number of ether oxygens (including phenoxy) is 1. The van der Waals surface area contributed by atoms with E-state index in [9.17, 15) is 14.4 Å². The molecule has 0 fully saturated rings. The zero-order valence-corrected chi connectivity index (χ0v) is 24.0.